The van der Waals surface area contributed by atoms with Crippen LogP contribution in [0, 0.1) is 11.8 Å². The topological polar surface area (TPSA) is 68.8 Å². The first kappa shape index (κ1) is 22.0. The summed E-state index contributed by atoms with van der Waals surface area (Å²) in [5.41, 5.74) is 6.16. The predicted molar refractivity (Wildman–Crippen MR) is 107 cm³/mol. The number of hydrogen-bond acceptors (Lipinski definition) is 4. The van der Waals surface area contributed by atoms with Crippen LogP contribution in [-0.2, 0) is 6.18 Å². The smallest absolute Gasteiger partial charge is 0.383 e. The summed E-state index contributed by atoms with van der Waals surface area (Å²) in [6.07, 6.45) is -3.17. The highest BCUT2D eigenvalue weighted by Gasteiger charge is 2.57. The van der Waals surface area contributed by atoms with Gasteiger partial charge >= 0.3 is 6.18 Å². The standard InChI is InChI=1S/C21H26F5N5/c1-3-10(2)31-17(19-13-5-12(6-14(13)19)28-9-18(22)23)7-16(30-31)11-4-15(21(24,25)26)20(27)29-8-11/h4,7-8,10,12-14,18-19,28H,3,5-6,9H2,1-2H3,(H2,27,29). The molecule has 0 spiro atoms. The minimum Gasteiger partial charge on any atom is -0.383 e. The molecule has 0 saturated heterocycles. The van der Waals surface area contributed by atoms with Gasteiger partial charge in [-0.25, -0.2) is 13.8 Å². The lowest BCUT2D eigenvalue weighted by Crippen LogP contribution is -2.32. The molecule has 5 nitrogen and oxygen atoms in total. The van der Waals surface area contributed by atoms with E-state index in [4.69, 9.17) is 5.73 Å². The number of fused-ring (bicyclic) bond motifs is 1. The second kappa shape index (κ2) is 8.03. The SMILES string of the molecule is CCC(C)n1nc(-c2cnc(N)c(C(F)(F)F)c2)cc1C1C2CC(NCC(F)F)CC21. The summed E-state index contributed by atoms with van der Waals surface area (Å²) in [7, 11) is 0. The fourth-order valence-corrected chi connectivity index (χ4v) is 4.87. The van der Waals surface area contributed by atoms with E-state index in [-0.39, 0.29) is 30.1 Å². The van der Waals surface area contributed by atoms with Gasteiger partial charge < -0.3 is 11.1 Å². The van der Waals surface area contributed by atoms with Gasteiger partial charge in [0.15, 0.2) is 0 Å². The Morgan fingerprint density at radius 1 is 1.23 bits per heavy atom. The van der Waals surface area contributed by atoms with Crippen molar-refractivity contribution in [3.63, 3.8) is 0 Å². The van der Waals surface area contributed by atoms with Crippen LogP contribution in [0.4, 0.5) is 27.8 Å². The molecule has 0 amide bonds. The Bertz CT molecular complexity index is 929. The predicted octanol–water partition coefficient (Wildman–Crippen LogP) is 4.86. The molecule has 0 aromatic carbocycles. The third-order valence-corrected chi connectivity index (χ3v) is 6.64. The number of nitrogens with two attached hydrogens (primary N) is 1. The number of halogens is 5. The van der Waals surface area contributed by atoms with Gasteiger partial charge in [-0.2, -0.15) is 18.3 Å². The third-order valence-electron chi connectivity index (χ3n) is 6.64. The second-order valence-electron chi connectivity index (χ2n) is 8.63. The third kappa shape index (κ3) is 4.26. The van der Waals surface area contributed by atoms with Gasteiger partial charge in [0, 0.05) is 35.5 Å². The summed E-state index contributed by atoms with van der Waals surface area (Å²) >= 11 is 0. The molecule has 2 fully saturated rings. The van der Waals surface area contributed by atoms with Gasteiger partial charge in [0.05, 0.1) is 17.8 Å². The lowest BCUT2D eigenvalue weighted by atomic mass is 10.0. The maximum atomic E-state index is 13.3. The van der Waals surface area contributed by atoms with Gasteiger partial charge in [-0.3, -0.25) is 4.68 Å². The molecule has 10 heteroatoms. The molecule has 3 N–H and O–H groups in total. The zero-order valence-electron chi connectivity index (χ0n) is 17.3. The minimum absolute atomic E-state index is 0.0849. The number of pyridine rings is 1. The van der Waals surface area contributed by atoms with Crippen LogP contribution >= 0.6 is 0 Å². The van der Waals surface area contributed by atoms with E-state index in [1.165, 1.54) is 6.20 Å². The molecule has 3 unspecified atom stereocenters. The van der Waals surface area contributed by atoms with Crippen LogP contribution in [0.5, 0.6) is 0 Å². The number of nitrogens with one attached hydrogen (secondary N) is 1. The molecule has 4 rings (SSSR count). The van der Waals surface area contributed by atoms with Crippen LogP contribution in [0.15, 0.2) is 18.3 Å². The number of rotatable bonds is 7. The zero-order valence-corrected chi connectivity index (χ0v) is 17.3. The molecule has 2 aromatic rings. The summed E-state index contributed by atoms with van der Waals surface area (Å²) in [5.74, 6) is 0.469. The molecule has 170 valence electrons. The van der Waals surface area contributed by atoms with Gasteiger partial charge in [0.1, 0.15) is 5.82 Å². The largest absolute Gasteiger partial charge is 0.419 e. The summed E-state index contributed by atoms with van der Waals surface area (Å²) < 4.78 is 66.6. The fourth-order valence-electron chi connectivity index (χ4n) is 4.87. The average Bonchev–Trinajstić information content (AvgIpc) is 3.07. The highest BCUT2D eigenvalue weighted by Crippen LogP contribution is 2.63. The van der Waals surface area contributed by atoms with Crippen LogP contribution < -0.4 is 11.1 Å². The normalized spacial score (nSPS) is 26.3. The molecule has 2 aliphatic rings. The van der Waals surface area contributed by atoms with Gasteiger partial charge in [0.2, 0.25) is 0 Å². The summed E-state index contributed by atoms with van der Waals surface area (Å²) in [4.78, 5) is 3.73. The van der Waals surface area contributed by atoms with Gasteiger partial charge in [-0.05, 0) is 50.2 Å². The van der Waals surface area contributed by atoms with E-state index in [1.807, 2.05) is 24.6 Å². The van der Waals surface area contributed by atoms with Crippen molar-refractivity contribution in [1.82, 2.24) is 20.1 Å². The van der Waals surface area contributed by atoms with E-state index >= 15 is 0 Å². The van der Waals surface area contributed by atoms with Crippen molar-refractivity contribution < 1.29 is 22.0 Å². The first-order valence-corrected chi connectivity index (χ1v) is 10.5. The van der Waals surface area contributed by atoms with E-state index in [9.17, 15) is 22.0 Å². The summed E-state index contributed by atoms with van der Waals surface area (Å²) in [6, 6.07) is 3.02. The van der Waals surface area contributed by atoms with Crippen LogP contribution in [0.1, 0.15) is 56.3 Å². The molecule has 2 aliphatic carbocycles. The number of nitrogen functional groups attached to an aromatic ring is 1. The molecule has 3 atom stereocenters. The van der Waals surface area contributed by atoms with Crippen molar-refractivity contribution in [1.29, 1.82) is 0 Å². The molecular weight excluding hydrogens is 417 g/mol. The van der Waals surface area contributed by atoms with Crippen LogP contribution in [0.2, 0.25) is 0 Å². The molecule has 2 saturated carbocycles. The Morgan fingerprint density at radius 3 is 2.48 bits per heavy atom. The molecule has 31 heavy (non-hydrogen) atoms. The van der Waals surface area contributed by atoms with Crippen LogP contribution in [-0.4, -0.2) is 33.8 Å². The highest BCUT2D eigenvalue weighted by molar-refractivity contribution is 5.63. The fraction of sp³-hybridized carbons (Fsp3) is 0.619. The molecule has 0 bridgehead atoms. The van der Waals surface area contributed by atoms with E-state index in [2.05, 4.69) is 15.4 Å². The Kier molecular flexibility index (Phi) is 5.70. The average molecular weight is 443 g/mol. The van der Waals surface area contributed by atoms with Crippen molar-refractivity contribution in [2.75, 3.05) is 12.3 Å². The van der Waals surface area contributed by atoms with Crippen molar-refractivity contribution in [3.8, 4) is 11.3 Å². The van der Waals surface area contributed by atoms with Crippen LogP contribution in [0.25, 0.3) is 11.3 Å². The lowest BCUT2D eigenvalue weighted by molar-refractivity contribution is -0.137. The van der Waals surface area contributed by atoms with Gasteiger partial charge in [-0.1, -0.05) is 6.92 Å². The number of anilines is 1. The zero-order chi connectivity index (χ0) is 22.5. The van der Waals surface area contributed by atoms with E-state index < -0.39 is 24.0 Å². The summed E-state index contributed by atoms with van der Waals surface area (Å²) in [6.45, 7) is 3.75. The number of nitrogens with zero attached hydrogens (tertiary/aromatic N) is 3. The van der Waals surface area contributed by atoms with E-state index in [0.29, 0.717) is 17.5 Å². The molecule has 2 aromatic heterocycles. The first-order chi connectivity index (χ1) is 14.6. The van der Waals surface area contributed by atoms with Gasteiger partial charge in [-0.15, -0.1) is 0 Å². The van der Waals surface area contributed by atoms with Crippen LogP contribution in [0.3, 0.4) is 0 Å². The molecule has 0 radical (unpaired) electrons. The highest BCUT2D eigenvalue weighted by atomic mass is 19.4. The number of alkyl halides is 5. The number of aromatic nitrogens is 3. The van der Waals surface area contributed by atoms with Crippen molar-refractivity contribution in [3.05, 3.63) is 29.6 Å². The molecule has 2 heterocycles. The second-order valence-corrected chi connectivity index (χ2v) is 8.63. The molecule has 0 aliphatic heterocycles. The maximum Gasteiger partial charge on any atom is 0.419 e. The Morgan fingerprint density at radius 2 is 1.90 bits per heavy atom. The van der Waals surface area contributed by atoms with E-state index in [1.54, 1.807) is 0 Å². The van der Waals surface area contributed by atoms with Crippen molar-refractivity contribution in [2.45, 2.75) is 63.7 Å². The van der Waals surface area contributed by atoms with Crippen molar-refractivity contribution >= 4 is 5.82 Å². The minimum atomic E-state index is -4.59. The van der Waals surface area contributed by atoms with E-state index in [0.717, 1.165) is 31.0 Å². The first-order valence-electron chi connectivity index (χ1n) is 10.5. The monoisotopic (exact) mass is 443 g/mol. The lowest BCUT2D eigenvalue weighted by Gasteiger charge is -2.18. The maximum absolute atomic E-state index is 13.3. The van der Waals surface area contributed by atoms with Crippen molar-refractivity contribution in [2.24, 2.45) is 11.8 Å². The number of hydrogen-bond donors (Lipinski definition) is 2. The Hall–Kier alpha value is -2.23. The molecular formula is C21H26F5N5. The Labute approximate surface area is 177 Å². The van der Waals surface area contributed by atoms with Gasteiger partial charge in [0.25, 0.3) is 6.43 Å². The summed E-state index contributed by atoms with van der Waals surface area (Å²) in [5, 5.41) is 7.54. The quantitative estimate of drug-likeness (QED) is 0.600. The Balaban J connectivity index is 1.59.